The second-order valence-electron chi connectivity index (χ2n) is 7.72. The van der Waals surface area contributed by atoms with E-state index < -0.39 is 0 Å². The Kier molecular flexibility index (Phi) is 9.83. The Morgan fingerprint density at radius 3 is 2.50 bits per heavy atom. The predicted octanol–water partition coefficient (Wildman–Crippen LogP) is 4.31. The molecule has 2 N–H and O–H groups in total. The van der Waals surface area contributed by atoms with Crippen molar-refractivity contribution in [2.45, 2.75) is 44.6 Å². The molecule has 1 aliphatic heterocycles. The minimum atomic E-state index is 0. The molecule has 1 aromatic carbocycles. The fourth-order valence-corrected chi connectivity index (χ4v) is 4.47. The summed E-state index contributed by atoms with van der Waals surface area (Å²) in [4.78, 5) is 9.09. The third-order valence-corrected chi connectivity index (χ3v) is 6.41. The van der Waals surface area contributed by atoms with Crippen LogP contribution in [0.1, 0.15) is 48.9 Å². The van der Waals surface area contributed by atoms with Crippen molar-refractivity contribution in [1.29, 1.82) is 0 Å². The summed E-state index contributed by atoms with van der Waals surface area (Å²) >= 11 is 1.69. The molecule has 1 aliphatic rings. The van der Waals surface area contributed by atoms with E-state index >= 15 is 0 Å². The van der Waals surface area contributed by atoms with Crippen molar-refractivity contribution in [3.63, 3.8) is 0 Å². The largest absolute Gasteiger partial charge is 0.497 e. The summed E-state index contributed by atoms with van der Waals surface area (Å²) in [7, 11) is 3.50. The van der Waals surface area contributed by atoms with Gasteiger partial charge in [0.25, 0.3) is 0 Å². The van der Waals surface area contributed by atoms with Crippen molar-refractivity contribution < 1.29 is 9.47 Å². The number of aliphatic imine (C=N–C) groups is 1. The normalized spacial score (nSPS) is 16.1. The lowest BCUT2D eigenvalue weighted by molar-refractivity contribution is 0.0513. The van der Waals surface area contributed by atoms with Crippen molar-refractivity contribution in [2.75, 3.05) is 33.9 Å². The van der Waals surface area contributed by atoms with Crippen LogP contribution in [0.3, 0.4) is 0 Å². The molecule has 0 aliphatic carbocycles. The number of nitrogens with one attached hydrogen (secondary N) is 2. The summed E-state index contributed by atoms with van der Waals surface area (Å²) in [6.45, 7) is 7.36. The van der Waals surface area contributed by atoms with Crippen molar-refractivity contribution in [3.8, 4) is 5.75 Å². The van der Waals surface area contributed by atoms with E-state index in [4.69, 9.17) is 9.47 Å². The van der Waals surface area contributed by atoms with Crippen molar-refractivity contribution >= 4 is 41.3 Å². The molecule has 2 heterocycles. The summed E-state index contributed by atoms with van der Waals surface area (Å²) in [5, 5.41) is 10.1. The van der Waals surface area contributed by atoms with Crippen molar-refractivity contribution in [2.24, 2.45) is 4.99 Å². The average Bonchev–Trinajstić information content (AvgIpc) is 3.24. The number of hydrogen-bond donors (Lipinski definition) is 2. The first-order valence-corrected chi connectivity index (χ1v) is 11.1. The molecule has 2 aromatic rings. The van der Waals surface area contributed by atoms with Gasteiger partial charge in [-0.15, -0.1) is 35.3 Å². The number of aromatic nitrogens is 1. The highest BCUT2D eigenvalue weighted by Crippen LogP contribution is 2.35. The number of benzene rings is 1. The van der Waals surface area contributed by atoms with Crippen molar-refractivity contribution in [3.05, 3.63) is 45.9 Å². The molecule has 3 rings (SSSR count). The first kappa shape index (κ1) is 24.9. The number of nitrogens with zero attached hydrogens (tertiary/aromatic N) is 2. The zero-order chi connectivity index (χ0) is 20.7. The highest BCUT2D eigenvalue weighted by atomic mass is 127. The topological polar surface area (TPSA) is 67.8 Å². The molecule has 0 saturated carbocycles. The van der Waals surface area contributed by atoms with E-state index in [0.717, 1.165) is 55.0 Å². The van der Waals surface area contributed by atoms with Crippen LogP contribution in [0.25, 0.3) is 0 Å². The van der Waals surface area contributed by atoms with E-state index in [2.05, 4.69) is 52.0 Å². The maximum Gasteiger partial charge on any atom is 0.191 e. The van der Waals surface area contributed by atoms with Crippen LogP contribution >= 0.6 is 35.3 Å². The number of methoxy groups -OCH3 is 1. The summed E-state index contributed by atoms with van der Waals surface area (Å²) < 4.78 is 11.0. The van der Waals surface area contributed by atoms with Gasteiger partial charge in [-0.25, -0.2) is 4.98 Å². The molecule has 0 spiro atoms. The van der Waals surface area contributed by atoms with Gasteiger partial charge < -0.3 is 20.1 Å². The fourth-order valence-electron chi connectivity index (χ4n) is 3.58. The highest BCUT2D eigenvalue weighted by molar-refractivity contribution is 14.0. The van der Waals surface area contributed by atoms with Crippen LogP contribution in [0.4, 0.5) is 0 Å². The lowest BCUT2D eigenvalue weighted by atomic mass is 9.74. The Bertz CT molecular complexity index is 802. The maximum absolute atomic E-state index is 5.65. The monoisotopic (exact) mass is 544 g/mol. The van der Waals surface area contributed by atoms with Crippen molar-refractivity contribution in [1.82, 2.24) is 15.6 Å². The number of halogens is 1. The van der Waals surface area contributed by atoms with Crippen LogP contribution in [0.5, 0.6) is 5.75 Å². The van der Waals surface area contributed by atoms with Crippen LogP contribution in [0.2, 0.25) is 0 Å². The van der Waals surface area contributed by atoms with Gasteiger partial charge in [0.15, 0.2) is 5.96 Å². The smallest absolute Gasteiger partial charge is 0.191 e. The molecule has 0 radical (unpaired) electrons. The Labute approximate surface area is 200 Å². The molecule has 0 unspecified atom stereocenters. The lowest BCUT2D eigenvalue weighted by Gasteiger charge is -2.38. The summed E-state index contributed by atoms with van der Waals surface area (Å²) in [6.07, 6.45) is 1.96. The van der Waals surface area contributed by atoms with Gasteiger partial charge >= 0.3 is 0 Å². The minimum absolute atomic E-state index is 0. The number of hydrogen-bond acceptors (Lipinski definition) is 5. The Morgan fingerprint density at radius 1 is 1.23 bits per heavy atom. The lowest BCUT2D eigenvalue weighted by Crippen LogP contribution is -2.47. The molecule has 0 amide bonds. The third kappa shape index (κ3) is 6.31. The summed E-state index contributed by atoms with van der Waals surface area (Å²) in [5.41, 5.74) is 2.48. The Morgan fingerprint density at radius 2 is 1.93 bits per heavy atom. The molecule has 6 nitrogen and oxygen atoms in total. The average molecular weight is 545 g/mol. The van der Waals surface area contributed by atoms with Gasteiger partial charge in [0.05, 0.1) is 19.3 Å². The second kappa shape index (κ2) is 11.9. The zero-order valence-electron chi connectivity index (χ0n) is 18.2. The van der Waals surface area contributed by atoms with Crippen LogP contribution in [-0.2, 0) is 16.7 Å². The molecule has 0 atom stereocenters. The van der Waals surface area contributed by atoms with Gasteiger partial charge in [-0.2, -0.15) is 0 Å². The Hall–Kier alpha value is -1.39. The van der Waals surface area contributed by atoms with Gasteiger partial charge in [-0.3, -0.25) is 4.99 Å². The molecular formula is C22H33IN4O2S. The van der Waals surface area contributed by atoms with Crippen LogP contribution < -0.4 is 15.4 Å². The van der Waals surface area contributed by atoms with E-state index in [1.165, 1.54) is 5.56 Å². The maximum atomic E-state index is 5.65. The van der Waals surface area contributed by atoms with E-state index in [9.17, 15) is 0 Å². The molecule has 0 bridgehead atoms. The molecule has 1 aromatic heterocycles. The quantitative estimate of drug-likeness (QED) is 0.309. The van der Waals surface area contributed by atoms with Gasteiger partial charge in [-0.1, -0.05) is 26.0 Å². The number of rotatable bonds is 7. The number of ether oxygens (including phenoxy) is 2. The van der Waals surface area contributed by atoms with E-state index in [0.29, 0.717) is 12.5 Å². The van der Waals surface area contributed by atoms with Gasteiger partial charge in [-0.05, 0) is 36.5 Å². The molecule has 8 heteroatoms. The first-order valence-electron chi connectivity index (χ1n) is 10.2. The van der Waals surface area contributed by atoms with Crippen LogP contribution in [0.15, 0.2) is 34.6 Å². The fraction of sp³-hybridized carbons (Fsp3) is 0.545. The highest BCUT2D eigenvalue weighted by Gasteiger charge is 2.34. The number of guanidine groups is 1. The summed E-state index contributed by atoms with van der Waals surface area (Å²) in [5.74, 6) is 2.13. The van der Waals surface area contributed by atoms with E-state index in [1.54, 1.807) is 25.5 Å². The second-order valence-corrected chi connectivity index (χ2v) is 8.66. The summed E-state index contributed by atoms with van der Waals surface area (Å²) in [6, 6.07) is 8.42. The predicted molar refractivity (Wildman–Crippen MR) is 135 cm³/mol. The van der Waals surface area contributed by atoms with Gasteiger partial charge in [0, 0.05) is 37.6 Å². The van der Waals surface area contributed by atoms with Crippen LogP contribution in [-0.4, -0.2) is 44.9 Å². The minimum Gasteiger partial charge on any atom is -0.497 e. The Balaban J connectivity index is 0.00000320. The first-order chi connectivity index (χ1) is 14.1. The molecule has 1 saturated heterocycles. The molecule has 30 heavy (non-hydrogen) atoms. The SMILES string of the molecule is CN=C(NCc1nc(C(C)C)cs1)NCC1(c2ccc(OC)cc2)CCOCC1.I. The molecular weight excluding hydrogens is 511 g/mol. The standard InChI is InChI=1S/C22H32N4O2S.HI/c1-16(2)19-14-29-20(26-19)13-24-21(23-3)25-15-22(9-11-28-12-10-22)17-5-7-18(27-4)8-6-17;/h5-8,14,16H,9-13,15H2,1-4H3,(H2,23,24,25);1H. The third-order valence-electron chi connectivity index (χ3n) is 5.54. The molecule has 1 fully saturated rings. The van der Waals surface area contributed by atoms with Gasteiger partial charge in [0.1, 0.15) is 10.8 Å². The van der Waals surface area contributed by atoms with Gasteiger partial charge in [0.2, 0.25) is 0 Å². The van der Waals surface area contributed by atoms with E-state index in [-0.39, 0.29) is 29.4 Å². The molecule has 166 valence electrons. The van der Waals surface area contributed by atoms with E-state index in [1.807, 2.05) is 12.1 Å². The van der Waals surface area contributed by atoms with Crippen LogP contribution in [0, 0.1) is 0 Å². The zero-order valence-corrected chi connectivity index (χ0v) is 21.4. The number of thiazole rings is 1.